The predicted octanol–water partition coefficient (Wildman–Crippen LogP) is 5.81. The summed E-state index contributed by atoms with van der Waals surface area (Å²) < 4.78 is 13.6. The Kier molecular flexibility index (Phi) is 9.51. The number of nitrogens with one attached hydrogen (secondary N) is 1. The number of hydrogen-bond donors (Lipinski definition) is 3. The van der Waals surface area contributed by atoms with Crippen LogP contribution in [0.5, 0.6) is 0 Å². The fourth-order valence-corrected chi connectivity index (χ4v) is 4.62. The van der Waals surface area contributed by atoms with Crippen LogP contribution in [0.3, 0.4) is 0 Å². The lowest BCUT2D eigenvalue weighted by Gasteiger charge is -2.01. The number of nitrogen functional groups attached to an aromatic ring is 1. The van der Waals surface area contributed by atoms with Crippen LogP contribution in [0.25, 0.3) is 0 Å². The van der Waals surface area contributed by atoms with E-state index in [-0.39, 0.29) is 11.6 Å². The highest BCUT2D eigenvalue weighted by atomic mass is 16.5. The summed E-state index contributed by atoms with van der Waals surface area (Å²) in [7, 11) is 0. The van der Waals surface area contributed by atoms with Crippen molar-refractivity contribution in [2.45, 2.75) is 50.6 Å². The van der Waals surface area contributed by atoms with E-state index in [1.54, 1.807) is 29.3 Å². The summed E-state index contributed by atoms with van der Waals surface area (Å²) in [4.78, 5) is 22.5. The highest BCUT2D eigenvalue weighted by molar-refractivity contribution is 6.02. The molecule has 2 aliphatic rings. The van der Waals surface area contributed by atoms with Crippen molar-refractivity contribution < 1.29 is 23.7 Å². The van der Waals surface area contributed by atoms with Gasteiger partial charge in [-0.05, 0) is 36.8 Å². The van der Waals surface area contributed by atoms with Gasteiger partial charge in [0.1, 0.15) is 11.5 Å². The number of aromatic nitrogens is 6. The van der Waals surface area contributed by atoms with E-state index in [1.165, 1.54) is 11.6 Å². The van der Waals surface area contributed by atoms with Gasteiger partial charge >= 0.3 is 5.97 Å². The molecule has 0 saturated heterocycles. The van der Waals surface area contributed by atoms with Crippen molar-refractivity contribution in [2.24, 2.45) is 0 Å². The number of carbonyl (C=O) groups is 2. The Hall–Kier alpha value is -5.98. The van der Waals surface area contributed by atoms with Gasteiger partial charge in [-0.15, -0.1) is 0 Å². The second-order valence-corrected chi connectivity index (χ2v) is 11.4. The van der Waals surface area contributed by atoms with Crippen LogP contribution in [-0.4, -0.2) is 46.9 Å². The first-order valence-electron chi connectivity index (χ1n) is 15.3. The highest BCUT2D eigenvalue weighted by Gasteiger charge is 2.29. The van der Waals surface area contributed by atoms with Crippen LogP contribution in [0, 0.1) is 0 Å². The van der Waals surface area contributed by atoms with Gasteiger partial charge in [0.15, 0.2) is 11.4 Å². The first-order valence-corrected chi connectivity index (χ1v) is 15.3. The number of rotatable bonds is 9. The van der Waals surface area contributed by atoms with Crippen LogP contribution in [0.2, 0.25) is 0 Å². The van der Waals surface area contributed by atoms with Gasteiger partial charge in [-0.1, -0.05) is 71.0 Å². The van der Waals surface area contributed by atoms with E-state index in [1.807, 2.05) is 59.4 Å². The van der Waals surface area contributed by atoms with Crippen LogP contribution >= 0.6 is 0 Å². The quantitative estimate of drug-likeness (QED) is 0.176. The Labute approximate surface area is 270 Å². The maximum atomic E-state index is 12.2. The molecule has 0 aliphatic heterocycles. The summed E-state index contributed by atoms with van der Waals surface area (Å²) in [6.45, 7) is 1.44. The SMILES string of the molecule is Nc1cnn(Cc2ccccc2)c1.O=C(Nc1cnn(Cc2ccccc2)c1)c1cc(C2CC2)on1.O=C(O)c1cc(C2CC2)on1. The van der Waals surface area contributed by atoms with E-state index in [9.17, 15) is 9.59 Å². The van der Waals surface area contributed by atoms with Gasteiger partial charge in [0.05, 0.1) is 36.9 Å². The van der Waals surface area contributed by atoms with Gasteiger partial charge in [-0.25, -0.2) is 4.79 Å². The van der Waals surface area contributed by atoms with Crippen molar-refractivity contribution in [3.63, 3.8) is 0 Å². The number of benzene rings is 2. The van der Waals surface area contributed by atoms with Gasteiger partial charge in [0.2, 0.25) is 0 Å². The monoisotopic (exact) mass is 634 g/mol. The summed E-state index contributed by atoms with van der Waals surface area (Å²) in [5.74, 6) is 1.08. The number of carboxylic acids is 1. The van der Waals surface area contributed by atoms with Crippen molar-refractivity contribution in [3.8, 4) is 0 Å². The molecule has 13 heteroatoms. The molecule has 0 bridgehead atoms. The first-order chi connectivity index (χ1) is 22.9. The van der Waals surface area contributed by atoms with Crippen LogP contribution in [0.1, 0.15) is 81.1 Å². The zero-order chi connectivity index (χ0) is 32.6. The minimum Gasteiger partial charge on any atom is -0.476 e. The fraction of sp³-hybridized carbons (Fsp3) is 0.235. The Morgan fingerprint density at radius 3 is 1.77 bits per heavy atom. The van der Waals surface area contributed by atoms with Gasteiger partial charge in [-0.3, -0.25) is 14.2 Å². The smallest absolute Gasteiger partial charge is 0.358 e. The van der Waals surface area contributed by atoms with E-state index in [4.69, 9.17) is 19.9 Å². The van der Waals surface area contributed by atoms with Crippen molar-refractivity contribution in [1.82, 2.24) is 29.9 Å². The molecule has 2 aromatic carbocycles. The molecule has 0 radical (unpaired) electrons. The third kappa shape index (κ3) is 9.03. The van der Waals surface area contributed by atoms with E-state index < -0.39 is 5.97 Å². The number of anilines is 2. The lowest BCUT2D eigenvalue weighted by Crippen LogP contribution is -2.11. The molecule has 0 atom stereocenters. The van der Waals surface area contributed by atoms with E-state index in [2.05, 4.69) is 38.0 Å². The molecule has 4 heterocycles. The molecule has 2 fully saturated rings. The Morgan fingerprint density at radius 2 is 1.28 bits per heavy atom. The van der Waals surface area contributed by atoms with Gasteiger partial charge < -0.3 is 25.2 Å². The standard InChI is InChI=1S/C17H16N4O2.C10H11N3.C7H7NO3/c22-17(15-8-16(23-20-15)13-6-7-13)19-14-9-18-21(11-14)10-12-4-2-1-3-5-12;11-10-6-12-13(8-10)7-9-4-2-1-3-5-9;9-7(10)5-3-6(11-8-5)4-1-2-4/h1-5,8-9,11,13H,6-7,10H2,(H,19,22);1-6,8H,7,11H2;3-4H,1-2H2,(H,9,10). The summed E-state index contributed by atoms with van der Waals surface area (Å²) in [6, 6.07) is 23.4. The molecule has 0 unspecified atom stereocenters. The fourth-order valence-electron chi connectivity index (χ4n) is 4.62. The maximum Gasteiger partial charge on any atom is 0.358 e. The zero-order valence-corrected chi connectivity index (χ0v) is 25.5. The minimum absolute atomic E-state index is 0.00639. The number of carboxylic acid groups (broad SMARTS) is 1. The Balaban J connectivity index is 0.000000136. The van der Waals surface area contributed by atoms with Crippen LogP contribution in [-0.2, 0) is 13.1 Å². The molecule has 1 amide bonds. The zero-order valence-electron chi connectivity index (χ0n) is 25.5. The molecule has 2 saturated carbocycles. The average Bonchev–Trinajstić information content (AvgIpc) is 3.88. The van der Waals surface area contributed by atoms with Gasteiger partial charge in [0, 0.05) is 36.4 Å². The number of amides is 1. The number of carbonyl (C=O) groups excluding carboxylic acids is 1. The molecular formula is C34H34N8O5. The molecule has 4 N–H and O–H groups in total. The number of hydrogen-bond acceptors (Lipinski definition) is 9. The maximum absolute atomic E-state index is 12.2. The van der Waals surface area contributed by atoms with Crippen LogP contribution in [0.15, 0.2) is 107 Å². The van der Waals surface area contributed by atoms with Gasteiger partial charge in [0.25, 0.3) is 5.91 Å². The number of nitrogens with zero attached hydrogens (tertiary/aromatic N) is 6. The molecule has 2 aliphatic carbocycles. The Morgan fingerprint density at radius 1 is 0.766 bits per heavy atom. The van der Waals surface area contributed by atoms with E-state index >= 15 is 0 Å². The largest absolute Gasteiger partial charge is 0.476 e. The van der Waals surface area contributed by atoms with Crippen molar-refractivity contribution in [2.75, 3.05) is 11.1 Å². The summed E-state index contributed by atoms with van der Waals surface area (Å²) in [5, 5.41) is 26.9. The molecule has 4 aromatic heterocycles. The van der Waals surface area contributed by atoms with Crippen LogP contribution in [0.4, 0.5) is 11.4 Å². The molecule has 8 rings (SSSR count). The number of aromatic carboxylic acids is 1. The molecule has 0 spiro atoms. The molecular weight excluding hydrogens is 600 g/mol. The molecule has 47 heavy (non-hydrogen) atoms. The third-order valence-electron chi connectivity index (χ3n) is 7.39. The van der Waals surface area contributed by atoms with Gasteiger partial charge in [-0.2, -0.15) is 10.2 Å². The minimum atomic E-state index is -1.03. The van der Waals surface area contributed by atoms with Crippen molar-refractivity contribution in [3.05, 3.63) is 132 Å². The average molecular weight is 635 g/mol. The van der Waals surface area contributed by atoms with Crippen LogP contribution < -0.4 is 11.1 Å². The third-order valence-corrected chi connectivity index (χ3v) is 7.39. The second-order valence-electron chi connectivity index (χ2n) is 11.4. The number of nitrogens with two attached hydrogens (primary N) is 1. The predicted molar refractivity (Wildman–Crippen MR) is 172 cm³/mol. The summed E-state index contributed by atoms with van der Waals surface area (Å²) in [6.07, 6.45) is 11.3. The normalized spacial score (nSPS) is 13.5. The molecule has 240 valence electrons. The first kappa shape index (κ1) is 31.0. The van der Waals surface area contributed by atoms with E-state index in [0.29, 0.717) is 41.2 Å². The highest BCUT2D eigenvalue weighted by Crippen LogP contribution is 2.40. The van der Waals surface area contributed by atoms with Crippen molar-refractivity contribution in [1.29, 1.82) is 0 Å². The topological polar surface area (TPSA) is 180 Å². The summed E-state index contributed by atoms with van der Waals surface area (Å²) >= 11 is 0. The van der Waals surface area contributed by atoms with E-state index in [0.717, 1.165) is 43.6 Å². The molecule has 6 aromatic rings. The summed E-state index contributed by atoms with van der Waals surface area (Å²) in [5.41, 5.74) is 9.59. The second kappa shape index (κ2) is 14.4. The Bertz CT molecular complexity index is 1900. The molecule has 13 nitrogen and oxygen atoms in total. The van der Waals surface area contributed by atoms with Crippen molar-refractivity contribution >= 4 is 23.3 Å². The lowest BCUT2D eigenvalue weighted by atomic mass is 10.2. The lowest BCUT2D eigenvalue weighted by molar-refractivity contribution is 0.0685.